The molecule has 0 radical (unpaired) electrons. The third kappa shape index (κ3) is 5.31. The van der Waals surface area contributed by atoms with Crippen molar-refractivity contribution in [3.8, 4) is 0 Å². The Kier molecular flexibility index (Phi) is 6.97. The van der Waals surface area contributed by atoms with Gasteiger partial charge in [-0.05, 0) is 55.2 Å². The van der Waals surface area contributed by atoms with E-state index in [9.17, 15) is 14.0 Å². The van der Waals surface area contributed by atoms with Gasteiger partial charge in [0.1, 0.15) is 11.3 Å². The van der Waals surface area contributed by atoms with E-state index in [1.54, 1.807) is 18.2 Å². The molecule has 2 amide bonds. The predicted octanol–water partition coefficient (Wildman–Crippen LogP) is 3.13. The van der Waals surface area contributed by atoms with Crippen molar-refractivity contribution in [1.29, 1.82) is 0 Å². The molecule has 0 unspecified atom stereocenters. The van der Waals surface area contributed by atoms with E-state index >= 15 is 0 Å². The number of piperazine rings is 1. The highest BCUT2D eigenvalue weighted by molar-refractivity contribution is 6.30. The summed E-state index contributed by atoms with van der Waals surface area (Å²) in [6, 6.07) is 10.4. The lowest BCUT2D eigenvalue weighted by molar-refractivity contribution is -0.133. The number of fused-ring (bicyclic) bond motifs is 1. The second-order valence-electron chi connectivity index (χ2n) is 9.22. The summed E-state index contributed by atoms with van der Waals surface area (Å²) in [4.78, 5) is 31.8. The van der Waals surface area contributed by atoms with Crippen molar-refractivity contribution in [2.24, 2.45) is 0 Å². The number of carbonyl (C=O) groups is 2. The number of hydrogen-bond donors (Lipinski definition) is 1. The number of halogens is 2. The number of likely N-dealkylation sites (tertiary alicyclic amines) is 1. The summed E-state index contributed by atoms with van der Waals surface area (Å²) in [6.07, 6.45) is 2.50. The number of amides is 2. The third-order valence-electron chi connectivity index (χ3n) is 7.13. The summed E-state index contributed by atoms with van der Waals surface area (Å²) in [7, 11) is 0. The summed E-state index contributed by atoms with van der Waals surface area (Å²) in [5.74, 6) is -0.275. The molecule has 184 valence electrons. The summed E-state index contributed by atoms with van der Waals surface area (Å²) >= 11 is 5.80. The first kappa shape index (κ1) is 23.7. The van der Waals surface area contributed by atoms with Crippen molar-refractivity contribution < 1.29 is 14.0 Å². The van der Waals surface area contributed by atoms with Crippen LogP contribution in [0.4, 0.5) is 4.39 Å². The van der Waals surface area contributed by atoms with Crippen molar-refractivity contribution in [3.05, 3.63) is 58.4 Å². The van der Waals surface area contributed by atoms with E-state index in [1.807, 2.05) is 21.9 Å². The van der Waals surface area contributed by atoms with E-state index in [0.29, 0.717) is 66.7 Å². The van der Waals surface area contributed by atoms with Crippen LogP contribution in [0.3, 0.4) is 0 Å². The van der Waals surface area contributed by atoms with Crippen molar-refractivity contribution in [3.63, 3.8) is 0 Å². The number of benzene rings is 2. The summed E-state index contributed by atoms with van der Waals surface area (Å²) in [5.41, 5.74) is 2.66. The quantitative estimate of drug-likeness (QED) is 0.584. The third-order valence-corrected chi connectivity index (χ3v) is 7.37. The van der Waals surface area contributed by atoms with Gasteiger partial charge >= 0.3 is 0 Å². The molecule has 0 aliphatic carbocycles. The first-order chi connectivity index (χ1) is 17.0. The van der Waals surface area contributed by atoms with Crippen molar-refractivity contribution in [1.82, 2.24) is 30.1 Å². The SMILES string of the molecule is O=C(CCc1ccc(Cl)cc1F)N1CCN(C2CCN(C(=O)c3ccc4[nH]nnc4c3)CC2)CC1. The normalized spacial score (nSPS) is 17.8. The summed E-state index contributed by atoms with van der Waals surface area (Å²) < 4.78 is 14.0. The van der Waals surface area contributed by atoms with Gasteiger partial charge in [-0.2, -0.15) is 0 Å². The molecule has 10 heteroatoms. The number of H-pyrrole nitrogens is 1. The minimum atomic E-state index is -0.362. The van der Waals surface area contributed by atoms with Crippen molar-refractivity contribution >= 4 is 34.4 Å². The van der Waals surface area contributed by atoms with Crippen LogP contribution in [0.2, 0.25) is 5.02 Å². The number of rotatable bonds is 5. The van der Waals surface area contributed by atoms with Gasteiger partial charge in [-0.15, -0.1) is 5.10 Å². The van der Waals surface area contributed by atoms with E-state index in [4.69, 9.17) is 11.6 Å². The molecule has 1 N–H and O–H groups in total. The Morgan fingerprint density at radius 3 is 2.51 bits per heavy atom. The van der Waals surface area contributed by atoms with Gasteiger partial charge in [0.2, 0.25) is 5.91 Å². The average Bonchev–Trinajstić information content (AvgIpc) is 3.36. The zero-order chi connectivity index (χ0) is 24.4. The Labute approximate surface area is 208 Å². The maximum Gasteiger partial charge on any atom is 0.253 e. The molecule has 2 saturated heterocycles. The van der Waals surface area contributed by atoms with Gasteiger partial charge in [0.15, 0.2) is 0 Å². The van der Waals surface area contributed by atoms with E-state index in [1.165, 1.54) is 6.07 Å². The molecule has 0 atom stereocenters. The van der Waals surface area contributed by atoms with E-state index in [2.05, 4.69) is 20.3 Å². The number of aromatic amines is 1. The molecule has 0 saturated carbocycles. The van der Waals surface area contributed by atoms with Crippen LogP contribution >= 0.6 is 11.6 Å². The second kappa shape index (κ2) is 10.3. The number of piperidine rings is 1. The second-order valence-corrected chi connectivity index (χ2v) is 9.66. The maximum atomic E-state index is 14.0. The highest BCUT2D eigenvalue weighted by Crippen LogP contribution is 2.22. The van der Waals surface area contributed by atoms with Crippen LogP contribution in [-0.2, 0) is 11.2 Å². The number of nitrogens with one attached hydrogen (secondary N) is 1. The lowest BCUT2D eigenvalue weighted by Gasteiger charge is -2.42. The summed E-state index contributed by atoms with van der Waals surface area (Å²) in [6.45, 7) is 4.43. The first-order valence-electron chi connectivity index (χ1n) is 12.0. The Bertz CT molecular complexity index is 1220. The lowest BCUT2D eigenvalue weighted by atomic mass is 10.0. The lowest BCUT2D eigenvalue weighted by Crippen LogP contribution is -2.54. The highest BCUT2D eigenvalue weighted by atomic mass is 35.5. The smallest absolute Gasteiger partial charge is 0.253 e. The minimum absolute atomic E-state index is 0.0286. The first-order valence-corrected chi connectivity index (χ1v) is 12.4. The van der Waals surface area contributed by atoms with E-state index in [-0.39, 0.29) is 17.6 Å². The molecule has 0 spiro atoms. The molecule has 35 heavy (non-hydrogen) atoms. The largest absolute Gasteiger partial charge is 0.340 e. The number of carbonyl (C=O) groups excluding carboxylic acids is 2. The zero-order valence-electron chi connectivity index (χ0n) is 19.4. The molecule has 2 fully saturated rings. The maximum absolute atomic E-state index is 14.0. The van der Waals surface area contributed by atoms with Crippen molar-refractivity contribution in [2.45, 2.75) is 31.7 Å². The predicted molar refractivity (Wildman–Crippen MR) is 131 cm³/mol. The molecule has 3 heterocycles. The fraction of sp³-hybridized carbons (Fsp3) is 0.440. The van der Waals surface area contributed by atoms with Crippen LogP contribution in [0, 0.1) is 5.82 Å². The van der Waals surface area contributed by atoms with Crippen LogP contribution in [0.15, 0.2) is 36.4 Å². The van der Waals surface area contributed by atoms with Crippen LogP contribution in [0.25, 0.3) is 11.0 Å². The molecule has 5 rings (SSSR count). The van der Waals surface area contributed by atoms with E-state index < -0.39 is 0 Å². The van der Waals surface area contributed by atoms with Gasteiger partial charge in [0.05, 0.1) is 5.52 Å². The molecule has 8 nitrogen and oxygen atoms in total. The fourth-order valence-electron chi connectivity index (χ4n) is 5.05. The van der Waals surface area contributed by atoms with Crippen LogP contribution in [0.5, 0.6) is 0 Å². The zero-order valence-corrected chi connectivity index (χ0v) is 20.2. The Balaban J connectivity index is 1.07. The molecular formula is C25H28ClFN6O2. The fourth-order valence-corrected chi connectivity index (χ4v) is 5.21. The number of aryl methyl sites for hydroxylation is 1. The number of nitrogens with zero attached hydrogens (tertiary/aromatic N) is 5. The Morgan fingerprint density at radius 2 is 1.77 bits per heavy atom. The monoisotopic (exact) mass is 498 g/mol. The molecular weight excluding hydrogens is 471 g/mol. The molecule has 1 aromatic heterocycles. The molecule has 2 aromatic carbocycles. The number of hydrogen-bond acceptors (Lipinski definition) is 5. The molecule has 0 bridgehead atoms. The van der Waals surface area contributed by atoms with Gasteiger partial charge in [-0.1, -0.05) is 22.9 Å². The van der Waals surface area contributed by atoms with Crippen LogP contribution < -0.4 is 0 Å². The summed E-state index contributed by atoms with van der Waals surface area (Å²) in [5, 5.41) is 10.9. The average molecular weight is 499 g/mol. The van der Waals surface area contributed by atoms with Crippen molar-refractivity contribution in [2.75, 3.05) is 39.3 Å². The minimum Gasteiger partial charge on any atom is -0.340 e. The topological polar surface area (TPSA) is 85.4 Å². The number of aromatic nitrogens is 3. The molecule has 2 aliphatic rings. The molecule has 3 aromatic rings. The van der Waals surface area contributed by atoms with Crippen LogP contribution in [0.1, 0.15) is 35.2 Å². The van der Waals surface area contributed by atoms with Gasteiger partial charge in [0.25, 0.3) is 5.91 Å². The highest BCUT2D eigenvalue weighted by Gasteiger charge is 2.30. The Morgan fingerprint density at radius 1 is 1.00 bits per heavy atom. The van der Waals surface area contributed by atoms with Gasteiger partial charge < -0.3 is 9.80 Å². The van der Waals surface area contributed by atoms with Crippen LogP contribution in [-0.4, -0.2) is 87.2 Å². The van der Waals surface area contributed by atoms with Gasteiger partial charge in [-0.3, -0.25) is 19.6 Å². The standard InChI is InChI=1S/C25H28ClFN6O2/c26-19-4-1-17(21(27)16-19)3-6-24(34)32-13-11-31(12-14-32)20-7-9-33(10-8-20)25(35)18-2-5-22-23(15-18)29-30-28-22/h1-2,4-5,15-16,20H,3,6-14H2,(H,28,29,30). The van der Waals surface area contributed by atoms with Gasteiger partial charge in [-0.25, -0.2) is 4.39 Å². The molecule has 2 aliphatic heterocycles. The van der Waals surface area contributed by atoms with E-state index in [0.717, 1.165) is 31.4 Å². The van der Waals surface area contributed by atoms with Gasteiger partial charge in [0, 0.05) is 62.3 Å². The Hall–Kier alpha value is -3.04.